The van der Waals surface area contributed by atoms with Crippen LogP contribution < -0.4 is 10.9 Å². The molecule has 2 N–H and O–H groups in total. The van der Waals surface area contributed by atoms with Crippen molar-refractivity contribution in [3.05, 3.63) is 96.7 Å². The molecule has 8 heteroatoms. The molecule has 4 rings (SSSR count). The summed E-state index contributed by atoms with van der Waals surface area (Å²) in [7, 11) is 0. The Morgan fingerprint density at radius 2 is 1.52 bits per heavy atom. The van der Waals surface area contributed by atoms with Crippen molar-refractivity contribution in [2.24, 2.45) is 0 Å². The maximum Gasteiger partial charge on any atom is 0.289 e. The highest BCUT2D eigenvalue weighted by atomic mass is 16.2. The zero-order valence-corrected chi connectivity index (χ0v) is 15.2. The molecule has 0 saturated heterocycles. The average Bonchev–Trinajstić information content (AvgIpc) is 3.25. The molecule has 2 amide bonds. The lowest BCUT2D eigenvalue weighted by atomic mass is 10.1. The molecule has 4 aromatic rings. The summed E-state index contributed by atoms with van der Waals surface area (Å²) >= 11 is 0. The topological polar surface area (TPSA) is 102 Å². The van der Waals surface area contributed by atoms with E-state index in [1.165, 1.54) is 18.6 Å². The van der Waals surface area contributed by atoms with E-state index in [4.69, 9.17) is 0 Å². The minimum atomic E-state index is -0.567. The number of hydrogen-bond donors (Lipinski definition) is 2. The maximum atomic E-state index is 12.8. The van der Waals surface area contributed by atoms with Crippen LogP contribution in [0, 0.1) is 0 Å². The Hall–Kier alpha value is -4.33. The van der Waals surface area contributed by atoms with E-state index in [2.05, 4.69) is 25.9 Å². The quantitative estimate of drug-likeness (QED) is 0.526. The highest BCUT2D eigenvalue weighted by Gasteiger charge is 2.19. The molecule has 0 atom stereocenters. The summed E-state index contributed by atoms with van der Waals surface area (Å²) in [6.07, 6.45) is 5.79. The number of carbonyl (C=O) groups is 2. The van der Waals surface area contributed by atoms with Gasteiger partial charge in [-0.1, -0.05) is 48.5 Å². The first kappa shape index (κ1) is 18.1. The van der Waals surface area contributed by atoms with Gasteiger partial charge in [-0.2, -0.15) is 5.10 Å². The molecule has 0 fully saturated rings. The van der Waals surface area contributed by atoms with Gasteiger partial charge in [0.2, 0.25) is 0 Å². The third kappa shape index (κ3) is 4.01. The van der Waals surface area contributed by atoms with E-state index >= 15 is 0 Å². The Morgan fingerprint density at radius 3 is 2.21 bits per heavy atom. The molecule has 0 radical (unpaired) electrons. The molecule has 0 bridgehead atoms. The fourth-order valence-electron chi connectivity index (χ4n) is 2.72. The van der Waals surface area contributed by atoms with Gasteiger partial charge in [0.15, 0.2) is 0 Å². The molecular weight excluding hydrogens is 368 g/mol. The van der Waals surface area contributed by atoms with Crippen molar-refractivity contribution in [3.63, 3.8) is 0 Å². The van der Waals surface area contributed by atoms with E-state index in [1.54, 1.807) is 10.9 Å². The van der Waals surface area contributed by atoms with Gasteiger partial charge in [0.1, 0.15) is 11.4 Å². The van der Waals surface area contributed by atoms with E-state index in [0.717, 1.165) is 11.3 Å². The van der Waals surface area contributed by atoms with Gasteiger partial charge in [-0.25, -0.2) is 9.67 Å². The third-order valence-corrected chi connectivity index (χ3v) is 4.11. The number of aromatic nitrogens is 4. The molecule has 2 aromatic carbocycles. The van der Waals surface area contributed by atoms with Crippen LogP contribution in [0.4, 0.5) is 0 Å². The van der Waals surface area contributed by atoms with Crippen molar-refractivity contribution in [1.82, 2.24) is 30.6 Å². The second-order valence-electron chi connectivity index (χ2n) is 6.04. The van der Waals surface area contributed by atoms with E-state index in [-0.39, 0.29) is 5.69 Å². The van der Waals surface area contributed by atoms with Crippen molar-refractivity contribution in [2.45, 2.75) is 0 Å². The Kier molecular flexibility index (Phi) is 5.06. The first-order chi connectivity index (χ1) is 14.2. The van der Waals surface area contributed by atoms with Gasteiger partial charge in [-0.15, -0.1) is 0 Å². The number of para-hydroxylation sites is 1. The number of nitrogens with one attached hydrogen (secondary N) is 2. The van der Waals surface area contributed by atoms with Crippen LogP contribution in [0.1, 0.15) is 20.8 Å². The average molecular weight is 384 g/mol. The van der Waals surface area contributed by atoms with E-state index in [9.17, 15) is 9.59 Å². The number of hydrazine groups is 1. The lowest BCUT2D eigenvalue weighted by Crippen LogP contribution is -2.42. The number of carbonyl (C=O) groups excluding carboxylic acids is 2. The van der Waals surface area contributed by atoms with Gasteiger partial charge in [0.05, 0.1) is 17.4 Å². The number of nitrogens with zero attached hydrogens (tertiary/aromatic N) is 4. The molecule has 0 unspecified atom stereocenters. The molecule has 0 aliphatic carbocycles. The minimum Gasteiger partial charge on any atom is -0.267 e. The third-order valence-electron chi connectivity index (χ3n) is 4.11. The van der Waals surface area contributed by atoms with Crippen LogP contribution in [-0.4, -0.2) is 31.6 Å². The van der Waals surface area contributed by atoms with Gasteiger partial charge in [0, 0.05) is 24.2 Å². The van der Waals surface area contributed by atoms with Crippen molar-refractivity contribution in [3.8, 4) is 16.9 Å². The monoisotopic (exact) mass is 384 g/mol. The minimum absolute atomic E-state index is 0.0936. The van der Waals surface area contributed by atoms with Crippen molar-refractivity contribution in [1.29, 1.82) is 0 Å². The van der Waals surface area contributed by atoms with Gasteiger partial charge < -0.3 is 0 Å². The van der Waals surface area contributed by atoms with Gasteiger partial charge in [-0.05, 0) is 12.1 Å². The first-order valence-corrected chi connectivity index (χ1v) is 8.79. The van der Waals surface area contributed by atoms with E-state index in [1.807, 2.05) is 60.7 Å². The summed E-state index contributed by atoms with van der Waals surface area (Å²) in [6, 6.07) is 18.8. The molecule has 0 aliphatic rings. The Bertz CT molecular complexity index is 1130. The van der Waals surface area contributed by atoms with Crippen LogP contribution in [0.25, 0.3) is 16.9 Å². The molecule has 0 saturated carbocycles. The van der Waals surface area contributed by atoms with E-state index in [0.29, 0.717) is 11.3 Å². The smallest absolute Gasteiger partial charge is 0.267 e. The van der Waals surface area contributed by atoms with Crippen LogP contribution in [0.2, 0.25) is 0 Å². The standard InChI is InChI=1S/C21H16N6O2/c28-20(24-25-21(29)18-13-22-11-12-23-18)17-14-27(16-9-5-2-6-10-16)26-19(17)15-7-3-1-4-8-15/h1-14H,(H,24,28)(H,25,29). The molecule has 2 heterocycles. The van der Waals surface area contributed by atoms with Crippen molar-refractivity contribution >= 4 is 11.8 Å². The molecular formula is C21H16N6O2. The zero-order valence-electron chi connectivity index (χ0n) is 15.2. The van der Waals surface area contributed by atoms with Crippen molar-refractivity contribution in [2.75, 3.05) is 0 Å². The summed E-state index contributed by atoms with van der Waals surface area (Å²) in [5, 5.41) is 4.58. The summed E-state index contributed by atoms with van der Waals surface area (Å²) in [4.78, 5) is 32.6. The lowest BCUT2D eigenvalue weighted by molar-refractivity contribution is 0.0844. The molecule has 29 heavy (non-hydrogen) atoms. The second kappa shape index (κ2) is 8.13. The number of benzene rings is 2. The predicted octanol–water partition coefficient (Wildman–Crippen LogP) is 2.40. The second-order valence-corrected chi connectivity index (χ2v) is 6.04. The Morgan fingerprint density at radius 1 is 0.828 bits per heavy atom. The van der Waals surface area contributed by atoms with Crippen LogP contribution in [0.15, 0.2) is 85.5 Å². The first-order valence-electron chi connectivity index (χ1n) is 8.79. The molecule has 0 aliphatic heterocycles. The fourth-order valence-corrected chi connectivity index (χ4v) is 2.72. The largest absolute Gasteiger partial charge is 0.289 e. The molecule has 0 spiro atoms. The van der Waals surface area contributed by atoms with Crippen molar-refractivity contribution < 1.29 is 9.59 Å². The van der Waals surface area contributed by atoms with Gasteiger partial charge >= 0.3 is 0 Å². The number of rotatable bonds is 4. The summed E-state index contributed by atoms with van der Waals surface area (Å²) in [5.74, 6) is -1.06. The highest BCUT2D eigenvalue weighted by molar-refractivity contribution is 6.01. The SMILES string of the molecule is O=C(NNC(=O)c1cn(-c2ccccc2)nc1-c1ccccc1)c1cnccn1. The Labute approximate surface area is 166 Å². The normalized spacial score (nSPS) is 10.3. The van der Waals surface area contributed by atoms with Gasteiger partial charge in [-0.3, -0.25) is 25.4 Å². The predicted molar refractivity (Wildman–Crippen MR) is 106 cm³/mol. The fraction of sp³-hybridized carbons (Fsp3) is 0. The summed E-state index contributed by atoms with van der Waals surface area (Å²) in [6.45, 7) is 0. The molecule has 2 aromatic heterocycles. The number of amides is 2. The van der Waals surface area contributed by atoms with E-state index < -0.39 is 11.8 Å². The highest BCUT2D eigenvalue weighted by Crippen LogP contribution is 2.23. The Balaban J connectivity index is 1.62. The van der Waals surface area contributed by atoms with Crippen LogP contribution in [0.3, 0.4) is 0 Å². The summed E-state index contributed by atoms with van der Waals surface area (Å²) < 4.78 is 1.63. The number of hydrogen-bond acceptors (Lipinski definition) is 5. The zero-order chi connectivity index (χ0) is 20.1. The molecule has 142 valence electrons. The van der Waals surface area contributed by atoms with Crippen LogP contribution >= 0.6 is 0 Å². The summed E-state index contributed by atoms with van der Waals surface area (Å²) in [5.41, 5.74) is 7.27. The van der Waals surface area contributed by atoms with Gasteiger partial charge in [0.25, 0.3) is 11.8 Å². The molecule has 8 nitrogen and oxygen atoms in total. The van der Waals surface area contributed by atoms with Crippen LogP contribution in [-0.2, 0) is 0 Å². The van der Waals surface area contributed by atoms with Crippen LogP contribution in [0.5, 0.6) is 0 Å². The maximum absolute atomic E-state index is 12.8. The lowest BCUT2D eigenvalue weighted by Gasteiger charge is -2.06.